The van der Waals surface area contributed by atoms with Crippen LogP contribution >= 0.6 is 11.6 Å². The van der Waals surface area contributed by atoms with Crippen LogP contribution in [0.2, 0.25) is 5.02 Å². The normalized spacial score (nSPS) is 22.9. The number of aliphatic hydroxyl groups is 1. The van der Waals surface area contributed by atoms with Crippen LogP contribution in [0.3, 0.4) is 0 Å². The van der Waals surface area contributed by atoms with Gasteiger partial charge < -0.3 is 16.2 Å². The summed E-state index contributed by atoms with van der Waals surface area (Å²) in [6.07, 6.45) is 1.33. The van der Waals surface area contributed by atoms with E-state index in [2.05, 4.69) is 5.32 Å². The molecule has 1 aliphatic carbocycles. The Bertz CT molecular complexity index is 410. The van der Waals surface area contributed by atoms with Crippen LogP contribution in [-0.4, -0.2) is 23.7 Å². The van der Waals surface area contributed by atoms with Crippen molar-refractivity contribution in [3.63, 3.8) is 0 Å². The average Bonchev–Trinajstić information content (AvgIpc) is 2.21. The number of halogens is 1. The van der Waals surface area contributed by atoms with Gasteiger partial charge in [0.05, 0.1) is 6.10 Å². The van der Waals surface area contributed by atoms with E-state index < -0.39 is 0 Å². The molecule has 0 unspecified atom stereocenters. The standard InChI is InChI=1S/C12H15ClN2O2/c13-9-3-8(4-10(14)5-9)12(17)15-6-7-1-11(16)2-7/h3-5,7,11,16H,1-2,6,14H2,(H,15,17). The van der Waals surface area contributed by atoms with Gasteiger partial charge in [0, 0.05) is 22.8 Å². The van der Waals surface area contributed by atoms with Crippen LogP contribution < -0.4 is 11.1 Å². The van der Waals surface area contributed by atoms with Gasteiger partial charge in [-0.1, -0.05) is 11.6 Å². The van der Waals surface area contributed by atoms with Crippen molar-refractivity contribution in [3.05, 3.63) is 28.8 Å². The summed E-state index contributed by atoms with van der Waals surface area (Å²) in [5, 5.41) is 12.4. The van der Waals surface area contributed by atoms with Crippen molar-refractivity contribution in [2.24, 2.45) is 5.92 Å². The minimum atomic E-state index is -0.196. The lowest BCUT2D eigenvalue weighted by Crippen LogP contribution is -2.38. The molecule has 1 fully saturated rings. The van der Waals surface area contributed by atoms with E-state index in [0.717, 1.165) is 12.8 Å². The second-order valence-corrected chi connectivity index (χ2v) is 4.91. The highest BCUT2D eigenvalue weighted by molar-refractivity contribution is 6.31. The molecule has 0 aliphatic heterocycles. The molecule has 1 saturated carbocycles. The SMILES string of the molecule is Nc1cc(Cl)cc(C(=O)NCC2CC(O)C2)c1. The van der Waals surface area contributed by atoms with Crippen molar-refractivity contribution in [3.8, 4) is 0 Å². The third-order valence-electron chi connectivity index (χ3n) is 2.94. The molecule has 0 saturated heterocycles. The Morgan fingerprint density at radius 2 is 2.18 bits per heavy atom. The first kappa shape index (κ1) is 12.2. The van der Waals surface area contributed by atoms with Gasteiger partial charge in [-0.2, -0.15) is 0 Å². The maximum atomic E-state index is 11.8. The number of nitrogens with one attached hydrogen (secondary N) is 1. The Balaban J connectivity index is 1.90. The second-order valence-electron chi connectivity index (χ2n) is 4.47. The molecule has 17 heavy (non-hydrogen) atoms. The van der Waals surface area contributed by atoms with Crippen LogP contribution in [0, 0.1) is 5.92 Å². The van der Waals surface area contributed by atoms with E-state index in [1.165, 1.54) is 0 Å². The molecule has 4 N–H and O–H groups in total. The summed E-state index contributed by atoms with van der Waals surface area (Å²) in [5.41, 5.74) is 6.55. The highest BCUT2D eigenvalue weighted by Crippen LogP contribution is 2.26. The first-order chi connectivity index (χ1) is 8.04. The quantitative estimate of drug-likeness (QED) is 0.714. The van der Waals surface area contributed by atoms with Gasteiger partial charge in [0.1, 0.15) is 0 Å². The fourth-order valence-corrected chi connectivity index (χ4v) is 2.19. The second kappa shape index (κ2) is 4.94. The summed E-state index contributed by atoms with van der Waals surface area (Å²) in [4.78, 5) is 11.8. The van der Waals surface area contributed by atoms with Gasteiger partial charge in [0.15, 0.2) is 0 Å². The van der Waals surface area contributed by atoms with Gasteiger partial charge in [-0.05, 0) is 37.0 Å². The van der Waals surface area contributed by atoms with Crippen LogP contribution in [-0.2, 0) is 0 Å². The van der Waals surface area contributed by atoms with E-state index in [1.54, 1.807) is 18.2 Å². The molecule has 1 amide bonds. The first-order valence-electron chi connectivity index (χ1n) is 5.57. The topological polar surface area (TPSA) is 75.4 Å². The summed E-state index contributed by atoms with van der Waals surface area (Å²) in [7, 11) is 0. The number of hydrogen-bond donors (Lipinski definition) is 3. The zero-order valence-corrected chi connectivity index (χ0v) is 10.1. The number of carbonyl (C=O) groups excluding carboxylic acids is 1. The van der Waals surface area contributed by atoms with Gasteiger partial charge in [-0.25, -0.2) is 0 Å². The van der Waals surface area contributed by atoms with Crippen molar-refractivity contribution < 1.29 is 9.90 Å². The zero-order chi connectivity index (χ0) is 12.4. The molecule has 5 heteroatoms. The highest BCUT2D eigenvalue weighted by atomic mass is 35.5. The fraction of sp³-hybridized carbons (Fsp3) is 0.417. The van der Waals surface area contributed by atoms with E-state index in [1.807, 2.05) is 0 Å². The number of amides is 1. The molecular formula is C12H15ClN2O2. The molecule has 1 aromatic carbocycles. The van der Waals surface area contributed by atoms with Gasteiger partial charge in [0.2, 0.25) is 0 Å². The molecule has 0 heterocycles. The lowest BCUT2D eigenvalue weighted by molar-refractivity contribution is 0.0420. The molecule has 4 nitrogen and oxygen atoms in total. The number of hydrogen-bond acceptors (Lipinski definition) is 3. The summed E-state index contributed by atoms with van der Waals surface area (Å²) in [5.74, 6) is 0.200. The van der Waals surface area contributed by atoms with Crippen molar-refractivity contribution >= 4 is 23.2 Å². The zero-order valence-electron chi connectivity index (χ0n) is 9.32. The monoisotopic (exact) mass is 254 g/mol. The molecule has 2 rings (SSSR count). The van der Waals surface area contributed by atoms with E-state index in [9.17, 15) is 4.79 Å². The van der Waals surface area contributed by atoms with E-state index >= 15 is 0 Å². The maximum Gasteiger partial charge on any atom is 0.251 e. The Morgan fingerprint density at radius 3 is 2.76 bits per heavy atom. The van der Waals surface area contributed by atoms with Crippen molar-refractivity contribution in [2.45, 2.75) is 18.9 Å². The highest BCUT2D eigenvalue weighted by Gasteiger charge is 2.27. The van der Waals surface area contributed by atoms with Crippen molar-refractivity contribution in [2.75, 3.05) is 12.3 Å². The summed E-state index contributed by atoms with van der Waals surface area (Å²) in [6.45, 7) is 0.586. The Hall–Kier alpha value is -1.26. The fourth-order valence-electron chi connectivity index (χ4n) is 1.95. The first-order valence-corrected chi connectivity index (χ1v) is 5.94. The number of rotatable bonds is 3. The summed E-state index contributed by atoms with van der Waals surface area (Å²) >= 11 is 5.82. The minimum Gasteiger partial charge on any atom is -0.399 e. The summed E-state index contributed by atoms with van der Waals surface area (Å²) < 4.78 is 0. The number of nitrogens with two attached hydrogens (primary N) is 1. The van der Waals surface area contributed by atoms with Crippen LogP contribution in [0.15, 0.2) is 18.2 Å². The van der Waals surface area contributed by atoms with E-state index in [0.29, 0.717) is 28.7 Å². The third-order valence-corrected chi connectivity index (χ3v) is 3.16. The molecular weight excluding hydrogens is 240 g/mol. The van der Waals surface area contributed by atoms with E-state index in [-0.39, 0.29) is 12.0 Å². The molecule has 0 bridgehead atoms. The van der Waals surface area contributed by atoms with Crippen LogP contribution in [0.5, 0.6) is 0 Å². The average molecular weight is 255 g/mol. The number of benzene rings is 1. The molecule has 0 spiro atoms. The van der Waals surface area contributed by atoms with Crippen LogP contribution in [0.25, 0.3) is 0 Å². The molecule has 0 radical (unpaired) electrons. The smallest absolute Gasteiger partial charge is 0.251 e. The third kappa shape index (κ3) is 3.11. The molecule has 0 aromatic heterocycles. The van der Waals surface area contributed by atoms with Crippen LogP contribution in [0.4, 0.5) is 5.69 Å². The van der Waals surface area contributed by atoms with Gasteiger partial charge in [-0.3, -0.25) is 4.79 Å². The number of carbonyl (C=O) groups is 1. The number of nitrogen functional groups attached to an aromatic ring is 1. The minimum absolute atomic E-state index is 0.180. The van der Waals surface area contributed by atoms with E-state index in [4.69, 9.17) is 22.4 Å². The maximum absolute atomic E-state index is 11.8. The largest absolute Gasteiger partial charge is 0.399 e. The van der Waals surface area contributed by atoms with Gasteiger partial charge >= 0.3 is 0 Å². The number of aliphatic hydroxyl groups excluding tert-OH is 1. The molecule has 92 valence electrons. The molecule has 1 aromatic rings. The summed E-state index contributed by atoms with van der Waals surface area (Å²) in [6, 6.07) is 4.78. The Morgan fingerprint density at radius 1 is 1.47 bits per heavy atom. The molecule has 0 atom stereocenters. The van der Waals surface area contributed by atoms with Crippen molar-refractivity contribution in [1.29, 1.82) is 0 Å². The molecule has 1 aliphatic rings. The van der Waals surface area contributed by atoms with Crippen molar-refractivity contribution in [1.82, 2.24) is 5.32 Å². The Kier molecular flexibility index (Phi) is 3.54. The predicted molar refractivity (Wildman–Crippen MR) is 66.9 cm³/mol. The lowest BCUT2D eigenvalue weighted by Gasteiger charge is -2.31. The number of anilines is 1. The van der Waals surface area contributed by atoms with Gasteiger partial charge in [0.25, 0.3) is 5.91 Å². The van der Waals surface area contributed by atoms with Gasteiger partial charge in [-0.15, -0.1) is 0 Å². The van der Waals surface area contributed by atoms with Crippen LogP contribution in [0.1, 0.15) is 23.2 Å². The Labute approximate surface area is 105 Å². The predicted octanol–water partition coefficient (Wildman–Crippen LogP) is 1.42. The lowest BCUT2D eigenvalue weighted by atomic mass is 9.82.